The zero-order valence-corrected chi connectivity index (χ0v) is 10.1. The van der Waals surface area contributed by atoms with E-state index in [0.29, 0.717) is 12.3 Å². The second-order valence-electron chi connectivity index (χ2n) is 5.10. The van der Waals surface area contributed by atoms with E-state index < -0.39 is 0 Å². The first kappa shape index (κ1) is 11.6. The van der Waals surface area contributed by atoms with Crippen LogP contribution in [0, 0.1) is 11.8 Å². The number of rotatable bonds is 3. The topological polar surface area (TPSA) is 50.9 Å². The molecule has 0 spiro atoms. The molecule has 1 aliphatic carbocycles. The van der Waals surface area contributed by atoms with Crippen LogP contribution in [-0.2, 0) is 13.5 Å². The predicted molar refractivity (Wildman–Crippen MR) is 61.8 cm³/mol. The molecule has 3 atom stereocenters. The normalized spacial score (nSPS) is 27.9. The van der Waals surface area contributed by atoms with E-state index in [1.807, 2.05) is 7.05 Å². The van der Waals surface area contributed by atoms with Crippen molar-refractivity contribution < 1.29 is 5.11 Å². The molecule has 4 heteroatoms. The Hall–Kier alpha value is -0.900. The second-order valence-corrected chi connectivity index (χ2v) is 5.10. The average Bonchev–Trinajstić information content (AvgIpc) is 2.64. The van der Waals surface area contributed by atoms with E-state index in [1.54, 1.807) is 11.0 Å². The summed E-state index contributed by atoms with van der Waals surface area (Å²) in [7, 11) is 1.87. The van der Waals surface area contributed by atoms with Gasteiger partial charge in [-0.2, -0.15) is 5.10 Å². The minimum atomic E-state index is -0.259. The zero-order valence-electron chi connectivity index (χ0n) is 10.1. The monoisotopic (exact) mass is 223 g/mol. The van der Waals surface area contributed by atoms with E-state index in [1.165, 1.54) is 12.8 Å². The summed E-state index contributed by atoms with van der Waals surface area (Å²) in [4.78, 5) is 4.16. The van der Waals surface area contributed by atoms with Gasteiger partial charge in [-0.15, -0.1) is 0 Å². The van der Waals surface area contributed by atoms with Gasteiger partial charge in [0, 0.05) is 13.5 Å². The molecular formula is C12H21N3O. The fourth-order valence-electron chi connectivity index (χ4n) is 2.69. The van der Waals surface area contributed by atoms with Crippen LogP contribution in [0.3, 0.4) is 0 Å². The molecule has 1 fully saturated rings. The van der Waals surface area contributed by atoms with Crippen molar-refractivity contribution in [1.82, 2.24) is 14.8 Å². The molecule has 0 radical (unpaired) electrons. The Morgan fingerprint density at radius 1 is 1.56 bits per heavy atom. The zero-order chi connectivity index (χ0) is 11.5. The highest BCUT2D eigenvalue weighted by atomic mass is 16.3. The Bertz CT molecular complexity index is 337. The third-order valence-electron chi connectivity index (χ3n) is 3.72. The molecule has 1 aliphatic rings. The van der Waals surface area contributed by atoms with Gasteiger partial charge in [0.25, 0.3) is 0 Å². The van der Waals surface area contributed by atoms with Crippen molar-refractivity contribution in [2.75, 3.05) is 0 Å². The Kier molecular flexibility index (Phi) is 3.59. The van der Waals surface area contributed by atoms with E-state index in [0.717, 1.165) is 24.6 Å². The van der Waals surface area contributed by atoms with Crippen LogP contribution in [0.4, 0.5) is 0 Å². The third kappa shape index (κ3) is 2.61. The molecule has 0 amide bonds. The molecule has 0 aliphatic heterocycles. The first-order chi connectivity index (χ1) is 7.66. The van der Waals surface area contributed by atoms with Crippen molar-refractivity contribution in [1.29, 1.82) is 0 Å². The SMILES string of the molecule is CC1CCCC(C(O)Cc2ncnn2C)C1. The molecule has 16 heavy (non-hydrogen) atoms. The number of nitrogens with zero attached hydrogens (tertiary/aromatic N) is 3. The molecule has 4 nitrogen and oxygen atoms in total. The maximum Gasteiger partial charge on any atom is 0.138 e. The lowest BCUT2D eigenvalue weighted by Gasteiger charge is -2.30. The van der Waals surface area contributed by atoms with Gasteiger partial charge in [-0.25, -0.2) is 4.98 Å². The van der Waals surface area contributed by atoms with Crippen LogP contribution >= 0.6 is 0 Å². The summed E-state index contributed by atoms with van der Waals surface area (Å²) in [5.74, 6) is 2.08. The van der Waals surface area contributed by atoms with E-state index in [4.69, 9.17) is 0 Å². The molecule has 0 aromatic carbocycles. The number of hydrogen-bond donors (Lipinski definition) is 1. The lowest BCUT2D eigenvalue weighted by molar-refractivity contribution is 0.0697. The summed E-state index contributed by atoms with van der Waals surface area (Å²) in [5.41, 5.74) is 0. The molecule has 0 bridgehead atoms. The largest absolute Gasteiger partial charge is 0.392 e. The third-order valence-corrected chi connectivity index (χ3v) is 3.72. The Labute approximate surface area is 96.7 Å². The van der Waals surface area contributed by atoms with Crippen LogP contribution < -0.4 is 0 Å². The predicted octanol–water partition coefficient (Wildman–Crippen LogP) is 1.54. The molecular weight excluding hydrogens is 202 g/mol. The molecule has 1 N–H and O–H groups in total. The molecule has 1 aromatic rings. The smallest absolute Gasteiger partial charge is 0.138 e. The Morgan fingerprint density at radius 3 is 3.00 bits per heavy atom. The van der Waals surface area contributed by atoms with Crippen molar-refractivity contribution in [3.63, 3.8) is 0 Å². The molecule has 90 valence electrons. The van der Waals surface area contributed by atoms with Crippen molar-refractivity contribution in [3.8, 4) is 0 Å². The van der Waals surface area contributed by atoms with Gasteiger partial charge in [0.1, 0.15) is 12.2 Å². The maximum atomic E-state index is 10.2. The second kappa shape index (κ2) is 4.95. The number of aryl methyl sites for hydroxylation is 1. The average molecular weight is 223 g/mol. The van der Waals surface area contributed by atoms with E-state index in [9.17, 15) is 5.11 Å². The lowest BCUT2D eigenvalue weighted by Crippen LogP contribution is -2.28. The van der Waals surface area contributed by atoms with E-state index >= 15 is 0 Å². The molecule has 1 heterocycles. The van der Waals surface area contributed by atoms with Crippen molar-refractivity contribution in [2.45, 2.75) is 45.1 Å². The highest BCUT2D eigenvalue weighted by Gasteiger charge is 2.26. The van der Waals surface area contributed by atoms with Crippen molar-refractivity contribution in [3.05, 3.63) is 12.2 Å². The molecule has 1 saturated carbocycles. The van der Waals surface area contributed by atoms with Crippen LogP contribution in [0.25, 0.3) is 0 Å². The lowest BCUT2D eigenvalue weighted by atomic mass is 9.79. The van der Waals surface area contributed by atoms with Gasteiger partial charge >= 0.3 is 0 Å². The minimum Gasteiger partial charge on any atom is -0.392 e. The summed E-state index contributed by atoms with van der Waals surface area (Å²) < 4.78 is 1.75. The quantitative estimate of drug-likeness (QED) is 0.845. The number of aliphatic hydroxyl groups is 1. The Balaban J connectivity index is 1.92. The van der Waals surface area contributed by atoms with Crippen LogP contribution in [0.15, 0.2) is 6.33 Å². The van der Waals surface area contributed by atoms with E-state index in [-0.39, 0.29) is 6.10 Å². The number of aromatic nitrogens is 3. The first-order valence-electron chi connectivity index (χ1n) is 6.17. The summed E-state index contributed by atoms with van der Waals surface area (Å²) in [6.45, 7) is 2.28. The molecule has 1 aromatic heterocycles. The van der Waals surface area contributed by atoms with Gasteiger partial charge in [-0.3, -0.25) is 4.68 Å². The summed E-state index contributed by atoms with van der Waals surface area (Å²) in [5, 5.41) is 14.2. The molecule has 0 saturated heterocycles. The molecule has 3 unspecified atom stereocenters. The number of aliphatic hydroxyl groups excluding tert-OH is 1. The Morgan fingerprint density at radius 2 is 2.38 bits per heavy atom. The van der Waals surface area contributed by atoms with Gasteiger partial charge < -0.3 is 5.11 Å². The number of hydrogen-bond acceptors (Lipinski definition) is 3. The summed E-state index contributed by atoms with van der Waals surface area (Å²) in [6.07, 6.45) is 6.79. The van der Waals surface area contributed by atoms with Gasteiger partial charge in [-0.05, 0) is 24.7 Å². The maximum absolute atomic E-state index is 10.2. The molecule has 2 rings (SSSR count). The standard InChI is InChI=1S/C12H21N3O/c1-9-4-3-5-10(6-9)11(16)7-12-13-8-14-15(12)2/h8-11,16H,3-7H2,1-2H3. The van der Waals surface area contributed by atoms with Crippen molar-refractivity contribution >= 4 is 0 Å². The van der Waals surface area contributed by atoms with Gasteiger partial charge in [0.2, 0.25) is 0 Å². The van der Waals surface area contributed by atoms with Gasteiger partial charge in [-0.1, -0.05) is 19.8 Å². The van der Waals surface area contributed by atoms with Crippen LogP contribution in [0.1, 0.15) is 38.4 Å². The van der Waals surface area contributed by atoms with Crippen LogP contribution in [-0.4, -0.2) is 26.0 Å². The highest BCUT2D eigenvalue weighted by Crippen LogP contribution is 2.31. The van der Waals surface area contributed by atoms with Gasteiger partial charge in [0.05, 0.1) is 6.10 Å². The minimum absolute atomic E-state index is 0.259. The van der Waals surface area contributed by atoms with E-state index in [2.05, 4.69) is 17.0 Å². The van der Waals surface area contributed by atoms with Crippen molar-refractivity contribution in [2.24, 2.45) is 18.9 Å². The first-order valence-corrected chi connectivity index (χ1v) is 6.17. The van der Waals surface area contributed by atoms with Gasteiger partial charge in [0.15, 0.2) is 0 Å². The fraction of sp³-hybridized carbons (Fsp3) is 0.833. The van der Waals surface area contributed by atoms with Crippen LogP contribution in [0.2, 0.25) is 0 Å². The van der Waals surface area contributed by atoms with Crippen LogP contribution in [0.5, 0.6) is 0 Å². The highest BCUT2D eigenvalue weighted by molar-refractivity contribution is 4.89. The summed E-state index contributed by atoms with van der Waals surface area (Å²) in [6, 6.07) is 0. The summed E-state index contributed by atoms with van der Waals surface area (Å²) >= 11 is 0. The fourth-order valence-corrected chi connectivity index (χ4v) is 2.69.